The molecule has 1 unspecified atom stereocenters. The third kappa shape index (κ3) is 9.19. The van der Waals surface area contributed by atoms with Gasteiger partial charge in [0.1, 0.15) is 0 Å². The highest BCUT2D eigenvalue weighted by Gasteiger charge is 2.36. The second-order valence-electron chi connectivity index (χ2n) is 2.70. The Labute approximate surface area is 108 Å². The Balaban J connectivity index is 0. The van der Waals surface area contributed by atoms with E-state index < -0.39 is 21.7 Å². The van der Waals surface area contributed by atoms with E-state index in [2.05, 4.69) is 17.9 Å². The van der Waals surface area contributed by atoms with Gasteiger partial charge in [0.05, 0.1) is 12.7 Å². The quantitative estimate of drug-likeness (QED) is 0.683. The van der Waals surface area contributed by atoms with Crippen LogP contribution in [0.1, 0.15) is 20.8 Å². The van der Waals surface area contributed by atoms with Gasteiger partial charge in [-0.05, 0) is 6.92 Å². The second kappa shape index (κ2) is 10.1. The van der Waals surface area contributed by atoms with Crippen molar-refractivity contribution < 1.29 is 36.6 Å². The molecule has 2 atom stereocenters. The van der Waals surface area contributed by atoms with Crippen molar-refractivity contribution in [2.75, 3.05) is 27.9 Å². The molecule has 18 heavy (non-hydrogen) atoms. The Morgan fingerprint density at radius 3 is 1.89 bits per heavy atom. The molecule has 112 valence electrons. The lowest BCUT2D eigenvalue weighted by Gasteiger charge is -2.18. The molecule has 0 bridgehead atoms. The average Bonchev–Trinajstić information content (AvgIpc) is 2.37. The van der Waals surface area contributed by atoms with Crippen LogP contribution < -0.4 is 0 Å². The number of methoxy groups -OCH3 is 1. The first-order chi connectivity index (χ1) is 8.28. The van der Waals surface area contributed by atoms with E-state index in [0.29, 0.717) is 0 Å². The molecule has 0 aromatic heterocycles. The fourth-order valence-corrected chi connectivity index (χ4v) is 2.84. The summed E-state index contributed by atoms with van der Waals surface area (Å²) < 4.78 is 44.9. The van der Waals surface area contributed by atoms with Crippen molar-refractivity contribution in [1.82, 2.24) is 0 Å². The maximum atomic E-state index is 11.4. The summed E-state index contributed by atoms with van der Waals surface area (Å²) in [4.78, 5) is 9.18. The van der Waals surface area contributed by atoms with Crippen LogP contribution in [0.2, 0.25) is 0 Å². The highest BCUT2D eigenvalue weighted by Crippen LogP contribution is 2.62. The SMILES string of the molecule is CC.CO[C@@H](C)COP(=O)(O)OP(=O)(OC)OC. The summed E-state index contributed by atoms with van der Waals surface area (Å²) >= 11 is 0. The highest BCUT2D eigenvalue weighted by molar-refractivity contribution is 7.61. The number of hydrogen-bond acceptors (Lipinski definition) is 7. The summed E-state index contributed by atoms with van der Waals surface area (Å²) in [5.74, 6) is 0. The fourth-order valence-electron chi connectivity index (χ4n) is 0.558. The van der Waals surface area contributed by atoms with Crippen LogP contribution in [0.15, 0.2) is 0 Å². The Kier molecular flexibility index (Phi) is 11.5. The van der Waals surface area contributed by atoms with Crippen LogP contribution in [0, 0.1) is 0 Å². The summed E-state index contributed by atoms with van der Waals surface area (Å²) in [6.07, 6.45) is -0.409. The number of hydrogen-bond donors (Lipinski definition) is 1. The molecule has 10 heteroatoms. The fraction of sp³-hybridized carbons (Fsp3) is 1.00. The molecule has 0 saturated heterocycles. The zero-order valence-electron chi connectivity index (χ0n) is 11.5. The molecule has 0 spiro atoms. The summed E-state index contributed by atoms with van der Waals surface area (Å²) in [7, 11) is -5.12. The molecule has 8 nitrogen and oxygen atoms in total. The summed E-state index contributed by atoms with van der Waals surface area (Å²) in [5, 5.41) is 0. The molecule has 0 fully saturated rings. The van der Waals surface area contributed by atoms with Gasteiger partial charge in [-0.25, -0.2) is 9.13 Å². The molecular formula is C8H22O8P2. The maximum absolute atomic E-state index is 11.4. The first-order valence-electron chi connectivity index (χ1n) is 5.21. The van der Waals surface area contributed by atoms with Gasteiger partial charge in [0, 0.05) is 21.3 Å². The molecule has 0 heterocycles. The van der Waals surface area contributed by atoms with Gasteiger partial charge >= 0.3 is 15.6 Å². The Morgan fingerprint density at radius 2 is 1.56 bits per heavy atom. The highest BCUT2D eigenvalue weighted by atomic mass is 31.3. The number of ether oxygens (including phenoxy) is 1. The maximum Gasteiger partial charge on any atom is 0.483 e. The third-order valence-corrected chi connectivity index (χ3v) is 4.52. The van der Waals surface area contributed by atoms with Gasteiger partial charge in [-0.3, -0.25) is 13.6 Å². The van der Waals surface area contributed by atoms with Gasteiger partial charge in [0.2, 0.25) is 0 Å². The lowest BCUT2D eigenvalue weighted by Crippen LogP contribution is -2.13. The van der Waals surface area contributed by atoms with Crippen molar-refractivity contribution in [3.63, 3.8) is 0 Å². The smallest absolute Gasteiger partial charge is 0.379 e. The number of phosphoric acid groups is 2. The van der Waals surface area contributed by atoms with E-state index in [0.717, 1.165) is 14.2 Å². The molecule has 0 aromatic carbocycles. The number of phosphoric ester groups is 2. The molecule has 0 aliphatic heterocycles. The standard InChI is InChI=1S/C6H16O8P2.C2H6/c1-6(10-2)5-13-15(7,8)14-16(9,11-3)12-4;1-2/h6H,5H2,1-4H3,(H,7,8);1-2H3/t6-;/m0./s1. The van der Waals surface area contributed by atoms with Gasteiger partial charge in [0.25, 0.3) is 0 Å². The molecule has 0 amide bonds. The van der Waals surface area contributed by atoms with Crippen molar-refractivity contribution in [2.24, 2.45) is 0 Å². The molecule has 0 rings (SSSR count). The minimum Gasteiger partial charge on any atom is -0.379 e. The van der Waals surface area contributed by atoms with Crippen molar-refractivity contribution in [3.05, 3.63) is 0 Å². The first kappa shape index (κ1) is 20.5. The van der Waals surface area contributed by atoms with Crippen molar-refractivity contribution in [3.8, 4) is 0 Å². The van der Waals surface area contributed by atoms with Crippen LogP contribution in [-0.4, -0.2) is 38.9 Å². The van der Waals surface area contributed by atoms with Crippen LogP contribution in [-0.2, 0) is 31.7 Å². The molecule has 1 N–H and O–H groups in total. The monoisotopic (exact) mass is 308 g/mol. The molecule has 0 radical (unpaired) electrons. The third-order valence-electron chi connectivity index (χ3n) is 1.53. The largest absolute Gasteiger partial charge is 0.483 e. The van der Waals surface area contributed by atoms with Gasteiger partial charge in [0.15, 0.2) is 0 Å². The van der Waals surface area contributed by atoms with Crippen LogP contribution in [0.5, 0.6) is 0 Å². The van der Waals surface area contributed by atoms with Crippen molar-refractivity contribution >= 4 is 15.6 Å². The topological polar surface area (TPSA) is 101 Å². The van der Waals surface area contributed by atoms with E-state index in [-0.39, 0.29) is 6.61 Å². The van der Waals surface area contributed by atoms with Crippen LogP contribution in [0.4, 0.5) is 0 Å². The zero-order chi connectivity index (χ0) is 14.8. The van der Waals surface area contributed by atoms with E-state index in [1.807, 2.05) is 13.8 Å². The van der Waals surface area contributed by atoms with Gasteiger partial charge in [-0.15, -0.1) is 0 Å². The molecule has 0 aliphatic rings. The van der Waals surface area contributed by atoms with Crippen LogP contribution in [0.3, 0.4) is 0 Å². The lowest BCUT2D eigenvalue weighted by atomic mass is 10.4. The zero-order valence-corrected chi connectivity index (χ0v) is 13.3. The van der Waals surface area contributed by atoms with Gasteiger partial charge in [-0.2, -0.15) is 4.31 Å². The predicted molar refractivity (Wildman–Crippen MR) is 66.3 cm³/mol. The predicted octanol–water partition coefficient (Wildman–Crippen LogP) is 2.58. The van der Waals surface area contributed by atoms with Crippen LogP contribution >= 0.6 is 15.6 Å². The average molecular weight is 308 g/mol. The number of rotatable bonds is 8. The Hall–Kier alpha value is 0.220. The first-order valence-corrected chi connectivity index (χ1v) is 8.17. The van der Waals surface area contributed by atoms with E-state index in [1.165, 1.54) is 7.11 Å². The Bertz CT molecular complexity index is 287. The normalized spacial score (nSPS) is 16.4. The van der Waals surface area contributed by atoms with Gasteiger partial charge in [-0.1, -0.05) is 13.8 Å². The van der Waals surface area contributed by atoms with Crippen molar-refractivity contribution in [2.45, 2.75) is 26.9 Å². The van der Waals surface area contributed by atoms with E-state index in [1.54, 1.807) is 6.92 Å². The van der Waals surface area contributed by atoms with Crippen molar-refractivity contribution in [1.29, 1.82) is 0 Å². The van der Waals surface area contributed by atoms with E-state index in [9.17, 15) is 14.0 Å². The Morgan fingerprint density at radius 1 is 1.11 bits per heavy atom. The summed E-state index contributed by atoms with van der Waals surface area (Å²) in [5.41, 5.74) is 0. The molecule has 0 aliphatic carbocycles. The van der Waals surface area contributed by atoms with Crippen LogP contribution in [0.25, 0.3) is 0 Å². The minimum atomic E-state index is -4.51. The van der Waals surface area contributed by atoms with Gasteiger partial charge < -0.3 is 9.63 Å². The van der Waals surface area contributed by atoms with E-state index in [4.69, 9.17) is 4.74 Å². The minimum absolute atomic E-state index is 0.197. The summed E-state index contributed by atoms with van der Waals surface area (Å²) in [6, 6.07) is 0. The second-order valence-corrected chi connectivity index (χ2v) is 6.18. The van der Waals surface area contributed by atoms with E-state index >= 15 is 0 Å². The summed E-state index contributed by atoms with van der Waals surface area (Å²) in [6.45, 7) is 5.42. The molecular weight excluding hydrogens is 286 g/mol. The molecule has 0 aromatic rings. The lowest BCUT2D eigenvalue weighted by molar-refractivity contribution is 0.0557. The molecule has 0 saturated carbocycles.